The number of imide groups is 1. The Morgan fingerprint density at radius 1 is 0.765 bits per heavy atom. The topological polar surface area (TPSA) is 82.1 Å². The first-order chi connectivity index (χ1) is 16.5. The van der Waals surface area contributed by atoms with Crippen LogP contribution in [0.3, 0.4) is 0 Å². The van der Waals surface area contributed by atoms with E-state index in [1.165, 1.54) is 19.1 Å². The third kappa shape index (κ3) is 2.30. The van der Waals surface area contributed by atoms with E-state index in [-0.39, 0.29) is 0 Å². The molecule has 2 bridgehead atoms. The van der Waals surface area contributed by atoms with E-state index in [2.05, 4.69) is 0 Å². The Kier molecular flexibility index (Phi) is 4.54. The molecule has 3 aliphatic heterocycles. The number of ether oxygens (including phenoxy) is 1. The van der Waals surface area contributed by atoms with Gasteiger partial charge < -0.3 is 13.8 Å². The lowest BCUT2D eigenvalue weighted by atomic mass is 9.66. The molecule has 4 atom stereocenters. The van der Waals surface area contributed by atoms with Gasteiger partial charge in [0, 0.05) is 19.8 Å². The molecule has 2 amide bonds. The van der Waals surface area contributed by atoms with Gasteiger partial charge >= 0.3 is 7.60 Å². The smallest absolute Gasteiger partial charge is 0.340 e. The first kappa shape index (κ1) is 21.4. The molecule has 0 N–H and O–H groups in total. The summed E-state index contributed by atoms with van der Waals surface area (Å²) in [5, 5.41) is -1.77. The number of rotatable bonds is 5. The van der Waals surface area contributed by atoms with Crippen molar-refractivity contribution in [2.45, 2.75) is 10.9 Å². The molecule has 0 spiro atoms. The fourth-order valence-corrected chi connectivity index (χ4v) is 8.08. The molecule has 172 valence electrons. The molecule has 3 heterocycles. The summed E-state index contributed by atoms with van der Waals surface area (Å²) in [4.78, 5) is 29.3. The molecule has 8 heteroatoms. The van der Waals surface area contributed by atoms with Crippen molar-refractivity contribution in [1.82, 2.24) is 0 Å². The summed E-state index contributed by atoms with van der Waals surface area (Å²) in [5.74, 6) is -2.93. The van der Waals surface area contributed by atoms with Crippen LogP contribution in [0.25, 0.3) is 0 Å². The molecule has 0 aliphatic carbocycles. The number of anilines is 1. The molecule has 4 unspecified atom stereocenters. The second-order valence-corrected chi connectivity index (χ2v) is 11.0. The Labute approximate surface area is 196 Å². The number of carbonyl (C=O) groups excluding carboxylic acids is 2. The zero-order valence-corrected chi connectivity index (χ0v) is 19.5. The van der Waals surface area contributed by atoms with Gasteiger partial charge in [-0.3, -0.25) is 14.2 Å². The predicted molar refractivity (Wildman–Crippen MR) is 124 cm³/mol. The van der Waals surface area contributed by atoms with E-state index >= 15 is 0 Å². The molecule has 2 saturated heterocycles. The van der Waals surface area contributed by atoms with Gasteiger partial charge in [-0.05, 0) is 23.3 Å². The maximum Gasteiger partial charge on any atom is 0.367 e. The fourth-order valence-electron chi connectivity index (χ4n) is 6.04. The maximum absolute atomic E-state index is 14.3. The number of benzene rings is 3. The second-order valence-electron chi connectivity index (χ2n) is 8.61. The Hall–Kier alpha value is -3.09. The van der Waals surface area contributed by atoms with Gasteiger partial charge in [0.2, 0.25) is 17.2 Å². The van der Waals surface area contributed by atoms with Crippen LogP contribution in [-0.2, 0) is 38.9 Å². The zero-order chi connectivity index (χ0) is 23.7. The van der Waals surface area contributed by atoms with Gasteiger partial charge in [0.1, 0.15) is 5.60 Å². The maximum atomic E-state index is 14.3. The number of hydrogen-bond donors (Lipinski definition) is 0. The van der Waals surface area contributed by atoms with E-state index in [0.717, 1.165) is 0 Å². The quantitative estimate of drug-likeness (QED) is 0.402. The van der Waals surface area contributed by atoms with Crippen molar-refractivity contribution in [3.05, 3.63) is 102 Å². The molecule has 3 aromatic rings. The van der Waals surface area contributed by atoms with Crippen molar-refractivity contribution in [3.63, 3.8) is 0 Å². The van der Waals surface area contributed by atoms with Crippen molar-refractivity contribution >= 4 is 25.1 Å². The monoisotopic (exact) mass is 475 g/mol. The number of hydrogen-bond acceptors (Lipinski definition) is 6. The van der Waals surface area contributed by atoms with E-state index in [4.69, 9.17) is 13.8 Å². The van der Waals surface area contributed by atoms with Crippen LogP contribution in [0.2, 0.25) is 0 Å². The summed E-state index contributed by atoms with van der Waals surface area (Å²) in [6.45, 7) is 0. The predicted octanol–water partition coefficient (Wildman–Crippen LogP) is 4.42. The molecule has 34 heavy (non-hydrogen) atoms. The van der Waals surface area contributed by atoms with Crippen LogP contribution in [0.1, 0.15) is 16.7 Å². The van der Waals surface area contributed by atoms with Gasteiger partial charge in [0.05, 0.1) is 17.5 Å². The van der Waals surface area contributed by atoms with Gasteiger partial charge in [-0.1, -0.05) is 72.8 Å². The molecule has 0 saturated carbocycles. The average molecular weight is 475 g/mol. The molecule has 3 aromatic carbocycles. The lowest BCUT2D eigenvalue weighted by Gasteiger charge is -2.36. The lowest BCUT2D eigenvalue weighted by Crippen LogP contribution is -2.42. The van der Waals surface area contributed by atoms with E-state index in [0.29, 0.717) is 22.4 Å². The Morgan fingerprint density at radius 3 is 1.91 bits per heavy atom. The summed E-state index contributed by atoms with van der Waals surface area (Å²) in [6, 6.07) is 25.3. The van der Waals surface area contributed by atoms with Crippen molar-refractivity contribution in [3.8, 4) is 0 Å². The Balaban J connectivity index is 1.70. The first-order valence-corrected chi connectivity index (χ1v) is 12.5. The minimum Gasteiger partial charge on any atom is -0.340 e. The number of nitrogens with zero attached hydrogens (tertiary/aromatic N) is 1. The third-order valence-corrected chi connectivity index (χ3v) is 9.69. The Morgan fingerprint density at radius 2 is 1.29 bits per heavy atom. The summed E-state index contributed by atoms with van der Waals surface area (Å²) in [6.07, 6.45) is 0. The third-order valence-electron chi connectivity index (χ3n) is 7.30. The minimum absolute atomic E-state index is 0.403. The molecule has 6 rings (SSSR count). The Bertz CT molecular complexity index is 1350. The highest BCUT2D eigenvalue weighted by atomic mass is 31.2. The van der Waals surface area contributed by atoms with Crippen LogP contribution in [0, 0.1) is 11.8 Å². The highest BCUT2D eigenvalue weighted by molar-refractivity contribution is 7.55. The standard InChI is InChI=1S/C26H22NO6P/c1-31-34(30,32-2)26-20-16-10-9-15-19(20)25(33-26,17-11-5-3-6-12-17)21-22(26)24(29)27(23(21)28)18-13-7-4-8-14-18/h3-16,21-22H,1-2H3. The summed E-state index contributed by atoms with van der Waals surface area (Å²) < 4.78 is 32.0. The number of amides is 2. The zero-order valence-electron chi connectivity index (χ0n) is 18.6. The molecule has 2 fully saturated rings. The van der Waals surface area contributed by atoms with Crippen LogP contribution in [-0.4, -0.2) is 26.0 Å². The molecule has 7 nitrogen and oxygen atoms in total. The van der Waals surface area contributed by atoms with Gasteiger partial charge in [-0.15, -0.1) is 0 Å². The highest BCUT2D eigenvalue weighted by Crippen LogP contribution is 2.81. The largest absolute Gasteiger partial charge is 0.367 e. The van der Waals surface area contributed by atoms with Crippen LogP contribution in [0.15, 0.2) is 84.9 Å². The normalized spacial score (nSPS) is 29.4. The molecule has 0 radical (unpaired) electrons. The molecular formula is C26H22NO6P. The van der Waals surface area contributed by atoms with Crippen LogP contribution < -0.4 is 4.90 Å². The van der Waals surface area contributed by atoms with Crippen LogP contribution in [0.4, 0.5) is 5.69 Å². The second kappa shape index (κ2) is 7.20. The van der Waals surface area contributed by atoms with Gasteiger partial charge in [-0.25, -0.2) is 4.90 Å². The van der Waals surface area contributed by atoms with Crippen LogP contribution >= 0.6 is 7.60 Å². The summed E-state index contributed by atoms with van der Waals surface area (Å²) in [7, 11) is -1.54. The number of carbonyl (C=O) groups is 2. The highest BCUT2D eigenvalue weighted by Gasteiger charge is 2.83. The van der Waals surface area contributed by atoms with Gasteiger partial charge in [0.15, 0.2) is 0 Å². The van der Waals surface area contributed by atoms with Crippen molar-refractivity contribution < 1.29 is 27.9 Å². The summed E-state index contributed by atoms with van der Waals surface area (Å²) in [5.41, 5.74) is 1.06. The van der Waals surface area contributed by atoms with Crippen molar-refractivity contribution in [2.24, 2.45) is 11.8 Å². The molecular weight excluding hydrogens is 453 g/mol. The van der Waals surface area contributed by atoms with Crippen molar-refractivity contribution in [1.29, 1.82) is 0 Å². The van der Waals surface area contributed by atoms with E-state index < -0.39 is 42.2 Å². The SMILES string of the molecule is COP(=O)(OC)C12OC(c3ccccc3)(c3ccccc31)C1C(=O)N(c3ccccc3)C(=O)C12. The average Bonchev–Trinajstić information content (AvgIpc) is 3.49. The molecule has 3 aliphatic rings. The number of fused-ring (bicyclic) bond motifs is 8. The minimum atomic E-state index is -4.09. The van der Waals surface area contributed by atoms with Gasteiger partial charge in [0.25, 0.3) is 0 Å². The van der Waals surface area contributed by atoms with E-state index in [1.807, 2.05) is 48.5 Å². The lowest BCUT2D eigenvalue weighted by molar-refractivity contribution is -0.130. The van der Waals surface area contributed by atoms with E-state index in [1.54, 1.807) is 36.4 Å². The van der Waals surface area contributed by atoms with Gasteiger partial charge in [-0.2, -0.15) is 0 Å². The molecule has 0 aromatic heterocycles. The first-order valence-electron chi connectivity index (χ1n) is 11.0. The van der Waals surface area contributed by atoms with Crippen molar-refractivity contribution in [2.75, 3.05) is 19.1 Å². The number of para-hydroxylation sites is 1. The summed E-state index contributed by atoms with van der Waals surface area (Å²) >= 11 is 0. The van der Waals surface area contributed by atoms with E-state index in [9.17, 15) is 14.2 Å². The fraction of sp³-hybridized carbons (Fsp3) is 0.231. The van der Waals surface area contributed by atoms with Crippen LogP contribution in [0.5, 0.6) is 0 Å².